The van der Waals surface area contributed by atoms with Gasteiger partial charge in [-0.15, -0.1) is 0 Å². The number of carbonyl (C=O) groups is 2. The molecule has 1 aromatic rings. The Morgan fingerprint density at radius 2 is 1.83 bits per heavy atom. The van der Waals surface area contributed by atoms with Crippen molar-refractivity contribution in [3.63, 3.8) is 0 Å². The van der Waals surface area contributed by atoms with Crippen molar-refractivity contribution < 1.29 is 48.6 Å². The van der Waals surface area contributed by atoms with Crippen LogP contribution in [0.1, 0.15) is 57.8 Å². The highest BCUT2D eigenvalue weighted by atomic mass is 16.7. The molecule has 3 N–H and O–H groups in total. The van der Waals surface area contributed by atoms with Crippen molar-refractivity contribution in [1.29, 1.82) is 0 Å². The van der Waals surface area contributed by atoms with Gasteiger partial charge in [0.2, 0.25) is 0 Å². The quantitative estimate of drug-likeness (QED) is 0.349. The monoisotopic (exact) mass is 584 g/mol. The zero-order valence-corrected chi connectivity index (χ0v) is 24.6. The zero-order chi connectivity index (χ0) is 30.4. The van der Waals surface area contributed by atoms with Crippen molar-refractivity contribution in [2.75, 3.05) is 6.61 Å². The predicted molar refractivity (Wildman–Crippen MR) is 148 cm³/mol. The molecule has 4 fully saturated rings. The van der Waals surface area contributed by atoms with Crippen molar-refractivity contribution in [2.45, 2.75) is 102 Å². The lowest BCUT2D eigenvalue weighted by Gasteiger charge is -2.67. The summed E-state index contributed by atoms with van der Waals surface area (Å²) in [6, 6.07) is 8.48. The van der Waals surface area contributed by atoms with Crippen LogP contribution in [0.5, 0.6) is 0 Å². The fraction of sp³-hybridized carbons (Fsp3) is 0.625. The van der Waals surface area contributed by atoms with Gasteiger partial charge in [0.1, 0.15) is 18.3 Å². The zero-order valence-electron chi connectivity index (χ0n) is 24.6. The molecule has 10 heteroatoms. The molecule has 0 bridgehead atoms. The number of benzene rings is 1. The molecule has 1 aromatic carbocycles. The minimum Gasteiger partial charge on any atom is -0.457 e. The van der Waals surface area contributed by atoms with Gasteiger partial charge in [0, 0.05) is 18.8 Å². The maximum absolute atomic E-state index is 13.9. The summed E-state index contributed by atoms with van der Waals surface area (Å²) in [6.45, 7) is 11.9. The molecule has 0 amide bonds. The van der Waals surface area contributed by atoms with Gasteiger partial charge in [-0.05, 0) is 56.5 Å². The van der Waals surface area contributed by atoms with Gasteiger partial charge >= 0.3 is 11.9 Å². The maximum Gasteiger partial charge on any atom is 0.338 e. The Labute approximate surface area is 245 Å². The van der Waals surface area contributed by atoms with Crippen molar-refractivity contribution in [3.05, 3.63) is 59.7 Å². The molecule has 10 nitrogen and oxygen atoms in total. The molecule has 2 saturated carbocycles. The van der Waals surface area contributed by atoms with Gasteiger partial charge in [0.15, 0.2) is 11.9 Å². The van der Waals surface area contributed by atoms with E-state index in [1.807, 2.05) is 6.92 Å². The highest BCUT2D eigenvalue weighted by Crippen LogP contribution is 2.69. The Bertz CT molecular complexity index is 1320. The molecular weight excluding hydrogens is 544 g/mol. The molecule has 2 unspecified atom stereocenters. The standard InChI is InChI=1S/C32H40O10/c1-7-22-39-20-13-21-32(15-38-21,42-17(3)33)25-27(41-28(36)18-11-9-8-10-12-18)31(29(4,5)37)14-19(34)16(2)23(31)24(35)26(40-22)30(20,25)6/h7-12,19-22,24-27,34-35,37H,1,13-15H2,2-6H3/t19-,20-,21+,22?,24?,25-,26-,27-,30+,31-,32-/m0/s1. The summed E-state index contributed by atoms with van der Waals surface area (Å²) >= 11 is 0. The minimum atomic E-state index is -1.64. The normalized spacial score (nSPS) is 44.1. The van der Waals surface area contributed by atoms with Crippen LogP contribution in [0.4, 0.5) is 0 Å². The van der Waals surface area contributed by atoms with Crippen LogP contribution >= 0.6 is 0 Å². The summed E-state index contributed by atoms with van der Waals surface area (Å²) in [5.74, 6) is -2.08. The SMILES string of the molecule is C=CC1O[C@H]2C[C@H]3OC[C@@]3(OC(C)=O)[C@H]3[C@H](OC(=O)c4ccccc4)[C@]4(C(C)(C)O)C[C@H](O)C(C)=C4C(O)[C@H](O1)[C@]23C. The summed E-state index contributed by atoms with van der Waals surface area (Å²) in [5.41, 5.74) is -4.44. The average Bonchev–Trinajstić information content (AvgIpc) is 3.17. The third-order valence-electron chi connectivity index (χ3n) is 10.7. The summed E-state index contributed by atoms with van der Waals surface area (Å²) in [5, 5.41) is 35.8. The van der Waals surface area contributed by atoms with Crippen molar-refractivity contribution >= 4 is 11.9 Å². The van der Waals surface area contributed by atoms with Crippen molar-refractivity contribution in [3.8, 4) is 0 Å². The number of fused-ring (bicyclic) bond motifs is 3. The van der Waals surface area contributed by atoms with Gasteiger partial charge < -0.3 is 39.0 Å². The Morgan fingerprint density at radius 3 is 2.40 bits per heavy atom. The van der Waals surface area contributed by atoms with Crippen LogP contribution in [0.2, 0.25) is 0 Å². The molecule has 42 heavy (non-hydrogen) atoms. The Kier molecular flexibility index (Phi) is 6.81. The number of hydrogen-bond donors (Lipinski definition) is 3. The first kappa shape index (κ1) is 29.5. The molecule has 2 saturated heterocycles. The number of carbonyl (C=O) groups excluding carboxylic acids is 2. The molecule has 228 valence electrons. The molecule has 0 aromatic heterocycles. The number of esters is 2. The van der Waals surface area contributed by atoms with E-state index in [0.29, 0.717) is 17.6 Å². The smallest absolute Gasteiger partial charge is 0.338 e. The van der Waals surface area contributed by atoms with E-state index in [0.717, 1.165) is 0 Å². The maximum atomic E-state index is 13.9. The minimum absolute atomic E-state index is 0.0137. The molecule has 5 aliphatic rings. The van der Waals surface area contributed by atoms with Crippen LogP contribution in [-0.2, 0) is 28.5 Å². The largest absolute Gasteiger partial charge is 0.457 e. The van der Waals surface area contributed by atoms with E-state index in [-0.39, 0.29) is 18.6 Å². The molecule has 6 rings (SSSR count). The number of aliphatic hydroxyl groups is 3. The summed E-state index contributed by atoms with van der Waals surface area (Å²) < 4.78 is 31.5. The number of ether oxygens (including phenoxy) is 5. The first-order valence-electron chi connectivity index (χ1n) is 14.5. The van der Waals surface area contributed by atoms with Crippen LogP contribution in [0.25, 0.3) is 0 Å². The fourth-order valence-electron chi connectivity index (χ4n) is 8.84. The second-order valence-corrected chi connectivity index (χ2v) is 13.2. The molecule has 0 spiro atoms. The number of hydrogen-bond acceptors (Lipinski definition) is 10. The van der Waals surface area contributed by atoms with Crippen LogP contribution in [0.15, 0.2) is 54.1 Å². The van der Waals surface area contributed by atoms with Gasteiger partial charge in [-0.2, -0.15) is 0 Å². The topological polar surface area (TPSA) is 141 Å². The Hall–Kier alpha value is -2.60. The summed E-state index contributed by atoms with van der Waals surface area (Å²) in [4.78, 5) is 26.6. The van der Waals surface area contributed by atoms with Gasteiger partial charge in [0.25, 0.3) is 0 Å². The van der Waals surface area contributed by atoms with Gasteiger partial charge in [-0.1, -0.05) is 31.7 Å². The van der Waals surface area contributed by atoms with E-state index < -0.39 is 82.8 Å². The van der Waals surface area contributed by atoms with Crippen molar-refractivity contribution in [2.24, 2.45) is 16.7 Å². The molecular formula is C32H40O10. The third-order valence-corrected chi connectivity index (χ3v) is 10.7. The second kappa shape index (κ2) is 9.70. The van der Waals surface area contributed by atoms with E-state index in [9.17, 15) is 24.9 Å². The first-order chi connectivity index (χ1) is 19.7. The van der Waals surface area contributed by atoms with Crippen LogP contribution in [0.3, 0.4) is 0 Å². The van der Waals surface area contributed by atoms with E-state index in [2.05, 4.69) is 6.58 Å². The molecule has 2 heterocycles. The Morgan fingerprint density at radius 1 is 1.14 bits per heavy atom. The van der Waals surface area contributed by atoms with Gasteiger partial charge in [-0.25, -0.2) is 4.79 Å². The van der Waals surface area contributed by atoms with E-state index >= 15 is 0 Å². The molecule has 11 atom stereocenters. The van der Waals surface area contributed by atoms with Gasteiger partial charge in [-0.3, -0.25) is 4.79 Å². The fourth-order valence-corrected chi connectivity index (χ4v) is 8.84. The van der Waals surface area contributed by atoms with Crippen LogP contribution in [-0.4, -0.2) is 88.0 Å². The number of aliphatic hydroxyl groups excluding tert-OH is 2. The molecule has 2 aliphatic heterocycles. The van der Waals surface area contributed by atoms with E-state index in [1.165, 1.54) is 13.0 Å². The lowest BCUT2D eigenvalue weighted by atomic mass is 9.49. The first-order valence-corrected chi connectivity index (χ1v) is 14.5. The number of rotatable bonds is 5. The highest BCUT2D eigenvalue weighted by molar-refractivity contribution is 5.89. The average molecular weight is 585 g/mol. The predicted octanol–water partition coefficient (Wildman–Crippen LogP) is 2.45. The lowest BCUT2D eigenvalue weighted by Crippen LogP contribution is -2.80. The Balaban J connectivity index is 1.67. The lowest BCUT2D eigenvalue weighted by molar-refractivity contribution is -0.392. The molecule has 0 radical (unpaired) electrons. The van der Waals surface area contributed by atoms with Crippen LogP contribution in [0, 0.1) is 16.7 Å². The van der Waals surface area contributed by atoms with E-state index in [4.69, 9.17) is 23.7 Å². The second-order valence-electron chi connectivity index (χ2n) is 13.2. The summed E-state index contributed by atoms with van der Waals surface area (Å²) in [7, 11) is 0. The molecule has 3 aliphatic carbocycles. The summed E-state index contributed by atoms with van der Waals surface area (Å²) in [6.07, 6.45) is -4.83. The highest BCUT2D eigenvalue weighted by Gasteiger charge is 2.80. The van der Waals surface area contributed by atoms with Gasteiger partial charge in [0.05, 0.1) is 47.4 Å². The van der Waals surface area contributed by atoms with Crippen LogP contribution < -0.4 is 0 Å². The van der Waals surface area contributed by atoms with Crippen molar-refractivity contribution in [1.82, 2.24) is 0 Å². The third kappa shape index (κ3) is 3.79. The van der Waals surface area contributed by atoms with E-state index in [1.54, 1.807) is 51.1 Å².